The third-order valence-electron chi connectivity index (χ3n) is 4.87. The van der Waals surface area contributed by atoms with Gasteiger partial charge in [-0.05, 0) is 36.2 Å². The van der Waals surface area contributed by atoms with Crippen LogP contribution in [0.25, 0.3) is 10.2 Å². The first-order chi connectivity index (χ1) is 14.2. The van der Waals surface area contributed by atoms with E-state index in [4.69, 9.17) is 11.6 Å². The minimum Gasteiger partial charge on any atom is -0.319 e. The van der Waals surface area contributed by atoms with Gasteiger partial charge >= 0.3 is 0 Å². The standard InChI is InChI=1S/C20H18ClN3O4S2/c1-23-16-7-6-14(21)10-17(16)29-20(23)22-18(25)11-30(27,28)12-19(26)24-9-8-13-4-2-3-5-15(13)24/h2-7,10H,8-9,11-12H2,1H3. The van der Waals surface area contributed by atoms with E-state index in [1.165, 1.54) is 16.2 Å². The number of nitrogens with zero attached hydrogens (tertiary/aromatic N) is 3. The molecule has 0 N–H and O–H groups in total. The Morgan fingerprint density at radius 1 is 1.17 bits per heavy atom. The third-order valence-corrected chi connectivity index (χ3v) is 7.57. The van der Waals surface area contributed by atoms with Crippen LogP contribution in [0.1, 0.15) is 5.56 Å². The van der Waals surface area contributed by atoms with Gasteiger partial charge in [0.15, 0.2) is 14.6 Å². The number of amides is 2. The summed E-state index contributed by atoms with van der Waals surface area (Å²) in [6, 6.07) is 12.7. The predicted molar refractivity (Wildman–Crippen MR) is 118 cm³/mol. The number of hydrogen-bond acceptors (Lipinski definition) is 5. The number of fused-ring (bicyclic) bond motifs is 2. The number of aromatic nitrogens is 1. The predicted octanol–water partition coefficient (Wildman–Crippen LogP) is 2.32. The topological polar surface area (TPSA) is 88.8 Å². The number of aryl methyl sites for hydroxylation is 1. The molecule has 0 bridgehead atoms. The maximum absolute atomic E-state index is 12.6. The highest BCUT2D eigenvalue weighted by molar-refractivity contribution is 7.92. The van der Waals surface area contributed by atoms with Gasteiger partial charge in [-0.3, -0.25) is 9.59 Å². The first kappa shape index (κ1) is 20.8. The molecule has 0 unspecified atom stereocenters. The number of benzene rings is 2. The van der Waals surface area contributed by atoms with Gasteiger partial charge < -0.3 is 9.47 Å². The fourth-order valence-corrected chi connectivity index (χ4v) is 5.84. The van der Waals surface area contributed by atoms with E-state index in [1.54, 1.807) is 41.9 Å². The molecule has 2 aromatic carbocycles. The second-order valence-electron chi connectivity index (χ2n) is 7.02. The smallest absolute Gasteiger partial charge is 0.263 e. The monoisotopic (exact) mass is 463 g/mol. The van der Waals surface area contributed by atoms with Crippen LogP contribution in [0.2, 0.25) is 5.02 Å². The number of rotatable bonds is 4. The lowest BCUT2D eigenvalue weighted by molar-refractivity contribution is -0.116. The Kier molecular flexibility index (Phi) is 5.52. The number of carbonyl (C=O) groups excluding carboxylic acids is 2. The third kappa shape index (κ3) is 4.19. The maximum Gasteiger partial charge on any atom is 0.263 e. The highest BCUT2D eigenvalue weighted by Crippen LogP contribution is 2.27. The number of anilines is 1. The van der Waals surface area contributed by atoms with Crippen molar-refractivity contribution in [2.24, 2.45) is 12.0 Å². The van der Waals surface area contributed by atoms with E-state index in [1.807, 2.05) is 12.1 Å². The number of halogens is 1. The van der Waals surface area contributed by atoms with Gasteiger partial charge in [-0.2, -0.15) is 4.99 Å². The molecule has 0 atom stereocenters. The van der Waals surface area contributed by atoms with Crippen molar-refractivity contribution in [3.8, 4) is 0 Å². The molecule has 7 nitrogen and oxygen atoms in total. The molecule has 0 saturated heterocycles. The number of para-hydroxylation sites is 1. The van der Waals surface area contributed by atoms with Gasteiger partial charge in [0.25, 0.3) is 5.91 Å². The van der Waals surface area contributed by atoms with Crippen molar-refractivity contribution in [2.75, 3.05) is 23.0 Å². The molecule has 0 aliphatic carbocycles. The number of carbonyl (C=O) groups is 2. The Labute approximate surface area is 182 Å². The van der Waals surface area contributed by atoms with E-state index in [-0.39, 0.29) is 0 Å². The molecule has 0 fully saturated rings. The second kappa shape index (κ2) is 7.98. The second-order valence-corrected chi connectivity index (χ2v) is 10.5. The number of hydrogen-bond donors (Lipinski definition) is 0. The summed E-state index contributed by atoms with van der Waals surface area (Å²) in [5.41, 5.74) is 2.57. The van der Waals surface area contributed by atoms with Crippen molar-refractivity contribution in [1.29, 1.82) is 0 Å². The van der Waals surface area contributed by atoms with E-state index < -0.39 is 33.2 Å². The SMILES string of the molecule is Cn1c(=NC(=O)CS(=O)(=O)CC(=O)N2CCc3ccccc32)sc2cc(Cl)ccc21. The molecular formula is C20H18ClN3O4S2. The van der Waals surface area contributed by atoms with Gasteiger partial charge in [0, 0.05) is 24.3 Å². The first-order valence-electron chi connectivity index (χ1n) is 9.15. The molecule has 2 amide bonds. The van der Waals surface area contributed by atoms with Crippen LogP contribution < -0.4 is 9.70 Å². The maximum atomic E-state index is 12.6. The van der Waals surface area contributed by atoms with Crippen LogP contribution in [0.4, 0.5) is 5.69 Å². The lowest BCUT2D eigenvalue weighted by atomic mass is 10.2. The molecule has 1 aliphatic rings. The molecule has 156 valence electrons. The molecule has 0 spiro atoms. The molecule has 10 heteroatoms. The Morgan fingerprint density at radius 2 is 1.93 bits per heavy atom. The van der Waals surface area contributed by atoms with Crippen LogP contribution in [0.5, 0.6) is 0 Å². The molecule has 30 heavy (non-hydrogen) atoms. The number of sulfone groups is 1. The molecule has 3 aromatic rings. The normalized spacial score (nSPS) is 14.3. The molecule has 4 rings (SSSR count). The first-order valence-corrected chi connectivity index (χ1v) is 12.2. The van der Waals surface area contributed by atoms with Crippen LogP contribution >= 0.6 is 22.9 Å². The molecule has 0 saturated carbocycles. The molecule has 0 radical (unpaired) electrons. The van der Waals surface area contributed by atoms with Gasteiger partial charge in [-0.1, -0.05) is 41.1 Å². The molecule has 1 aliphatic heterocycles. The van der Waals surface area contributed by atoms with Crippen LogP contribution in [0, 0.1) is 0 Å². The van der Waals surface area contributed by atoms with Gasteiger partial charge in [0.1, 0.15) is 11.5 Å². The lowest BCUT2D eigenvalue weighted by Gasteiger charge is -2.17. The highest BCUT2D eigenvalue weighted by Gasteiger charge is 2.29. The summed E-state index contributed by atoms with van der Waals surface area (Å²) >= 11 is 7.23. The quantitative estimate of drug-likeness (QED) is 0.594. The van der Waals surface area contributed by atoms with E-state index in [9.17, 15) is 18.0 Å². The lowest BCUT2D eigenvalue weighted by Crippen LogP contribution is -2.36. The van der Waals surface area contributed by atoms with Crippen molar-refractivity contribution in [2.45, 2.75) is 6.42 Å². The summed E-state index contributed by atoms with van der Waals surface area (Å²) in [5.74, 6) is -2.88. The Morgan fingerprint density at radius 3 is 2.73 bits per heavy atom. The Hall–Kier alpha value is -2.49. The fourth-order valence-electron chi connectivity index (χ4n) is 3.46. The zero-order valence-electron chi connectivity index (χ0n) is 16.0. The van der Waals surface area contributed by atoms with Gasteiger partial charge in [0.05, 0.1) is 10.2 Å². The van der Waals surface area contributed by atoms with Crippen molar-refractivity contribution in [1.82, 2.24) is 4.57 Å². The van der Waals surface area contributed by atoms with Crippen molar-refractivity contribution >= 4 is 60.5 Å². The summed E-state index contributed by atoms with van der Waals surface area (Å²) in [6.07, 6.45) is 0.683. The fraction of sp³-hybridized carbons (Fsp3) is 0.250. The highest BCUT2D eigenvalue weighted by atomic mass is 35.5. The summed E-state index contributed by atoms with van der Waals surface area (Å²) in [4.78, 5) is 30.7. The van der Waals surface area contributed by atoms with Crippen LogP contribution in [0.15, 0.2) is 47.5 Å². The minimum atomic E-state index is -3.95. The van der Waals surface area contributed by atoms with E-state index >= 15 is 0 Å². The Balaban J connectivity index is 1.50. The summed E-state index contributed by atoms with van der Waals surface area (Å²) in [7, 11) is -2.21. The average Bonchev–Trinajstić information content (AvgIpc) is 3.22. The van der Waals surface area contributed by atoms with E-state index in [0.29, 0.717) is 22.8 Å². The summed E-state index contributed by atoms with van der Waals surface area (Å²) < 4.78 is 27.5. The Bertz CT molecular complexity index is 1340. The van der Waals surface area contributed by atoms with Crippen molar-refractivity contribution < 1.29 is 18.0 Å². The van der Waals surface area contributed by atoms with E-state index in [2.05, 4.69) is 4.99 Å². The van der Waals surface area contributed by atoms with Gasteiger partial charge in [-0.25, -0.2) is 8.42 Å². The zero-order valence-corrected chi connectivity index (χ0v) is 18.4. The van der Waals surface area contributed by atoms with Crippen molar-refractivity contribution in [3.63, 3.8) is 0 Å². The summed E-state index contributed by atoms with van der Waals surface area (Å²) in [5, 5.41) is 0.562. The zero-order chi connectivity index (χ0) is 21.5. The van der Waals surface area contributed by atoms with Crippen LogP contribution in [-0.2, 0) is 32.9 Å². The van der Waals surface area contributed by atoms with Gasteiger partial charge in [0.2, 0.25) is 5.91 Å². The summed E-state index contributed by atoms with van der Waals surface area (Å²) in [6.45, 7) is 0.437. The van der Waals surface area contributed by atoms with Crippen molar-refractivity contribution in [3.05, 3.63) is 57.9 Å². The molecule has 2 heterocycles. The average molecular weight is 464 g/mol. The largest absolute Gasteiger partial charge is 0.319 e. The minimum absolute atomic E-state index is 0.368. The van der Waals surface area contributed by atoms with Crippen LogP contribution in [-0.4, -0.2) is 42.8 Å². The van der Waals surface area contributed by atoms with Gasteiger partial charge in [-0.15, -0.1) is 0 Å². The van der Waals surface area contributed by atoms with Crippen LogP contribution in [0.3, 0.4) is 0 Å². The molecule has 1 aromatic heterocycles. The van der Waals surface area contributed by atoms with E-state index in [0.717, 1.165) is 21.5 Å². The number of thiazole rings is 1. The molecular weight excluding hydrogens is 446 g/mol.